The van der Waals surface area contributed by atoms with Gasteiger partial charge in [-0.05, 0) is 93.3 Å². The number of rotatable bonds is 9. The van der Waals surface area contributed by atoms with Crippen LogP contribution in [0.1, 0.15) is 24.0 Å². The van der Waals surface area contributed by atoms with E-state index < -0.39 is 10.0 Å². The molecule has 0 radical (unpaired) electrons. The van der Waals surface area contributed by atoms with E-state index in [1.165, 1.54) is 6.07 Å². The lowest BCUT2D eigenvalue weighted by atomic mass is 9.98. The van der Waals surface area contributed by atoms with E-state index >= 15 is 0 Å². The summed E-state index contributed by atoms with van der Waals surface area (Å²) < 4.78 is 41.2. The minimum atomic E-state index is -4.06. The molecule has 210 valence electrons. The number of halogens is 2. The van der Waals surface area contributed by atoms with Gasteiger partial charge in [-0.2, -0.15) is 0 Å². The van der Waals surface area contributed by atoms with Gasteiger partial charge in [0.05, 0.1) is 16.5 Å². The van der Waals surface area contributed by atoms with E-state index in [1.54, 1.807) is 43.5 Å². The first-order valence-electron chi connectivity index (χ1n) is 12.8. The molecule has 4 aromatic rings. The van der Waals surface area contributed by atoms with Crippen molar-refractivity contribution in [2.75, 3.05) is 31.5 Å². The molecule has 0 amide bonds. The lowest BCUT2D eigenvalue weighted by molar-refractivity contribution is 0.160. The number of aromatic nitrogens is 3. The van der Waals surface area contributed by atoms with Crippen LogP contribution in [0.4, 0.5) is 5.82 Å². The maximum absolute atomic E-state index is 13.3. The summed E-state index contributed by atoms with van der Waals surface area (Å²) in [6, 6.07) is 13.5. The Balaban J connectivity index is 1.37. The molecule has 0 unspecified atom stereocenters. The first-order chi connectivity index (χ1) is 19.2. The summed E-state index contributed by atoms with van der Waals surface area (Å²) in [4.78, 5) is 15.4. The first-order valence-corrected chi connectivity index (χ1v) is 15.1. The SMILES string of the molecule is Cc1c(Cl)cccc1S(=O)(=O)Nc1nc2ncccc2nc1OCc1ccc(Cl)c(OCC2CCN(C)CC2)c1. The van der Waals surface area contributed by atoms with Crippen molar-refractivity contribution in [3.8, 4) is 11.6 Å². The molecule has 1 fully saturated rings. The topological polar surface area (TPSA) is 107 Å². The molecule has 40 heavy (non-hydrogen) atoms. The summed E-state index contributed by atoms with van der Waals surface area (Å²) in [5, 5.41) is 0.848. The first kappa shape index (κ1) is 28.4. The van der Waals surface area contributed by atoms with Gasteiger partial charge in [0.2, 0.25) is 5.82 Å². The van der Waals surface area contributed by atoms with Crippen LogP contribution >= 0.6 is 23.2 Å². The Kier molecular flexibility index (Phi) is 8.60. The molecule has 0 spiro atoms. The number of benzene rings is 2. The molecule has 3 heterocycles. The van der Waals surface area contributed by atoms with Crippen LogP contribution < -0.4 is 14.2 Å². The smallest absolute Gasteiger partial charge is 0.263 e. The third-order valence-electron chi connectivity index (χ3n) is 6.83. The van der Waals surface area contributed by atoms with Gasteiger partial charge in [0, 0.05) is 11.2 Å². The van der Waals surface area contributed by atoms with Crippen LogP contribution in [0.3, 0.4) is 0 Å². The van der Waals surface area contributed by atoms with Gasteiger partial charge >= 0.3 is 0 Å². The van der Waals surface area contributed by atoms with Crippen LogP contribution in [0.25, 0.3) is 11.2 Å². The van der Waals surface area contributed by atoms with Crippen molar-refractivity contribution < 1.29 is 17.9 Å². The molecule has 1 aliphatic rings. The van der Waals surface area contributed by atoms with Crippen molar-refractivity contribution in [2.24, 2.45) is 5.92 Å². The van der Waals surface area contributed by atoms with Crippen LogP contribution in [-0.4, -0.2) is 55.0 Å². The minimum absolute atomic E-state index is 0.00694. The molecule has 1 N–H and O–H groups in total. The van der Waals surface area contributed by atoms with Crippen LogP contribution in [-0.2, 0) is 16.6 Å². The van der Waals surface area contributed by atoms with Gasteiger partial charge in [-0.1, -0.05) is 35.3 Å². The van der Waals surface area contributed by atoms with Gasteiger partial charge in [0.1, 0.15) is 17.9 Å². The summed E-state index contributed by atoms with van der Waals surface area (Å²) in [5.74, 6) is 0.978. The highest BCUT2D eigenvalue weighted by Crippen LogP contribution is 2.31. The third-order valence-corrected chi connectivity index (χ3v) is 9.04. The number of hydrogen-bond acceptors (Lipinski definition) is 8. The van der Waals surface area contributed by atoms with E-state index in [1.807, 2.05) is 12.1 Å². The molecule has 2 aromatic heterocycles. The van der Waals surface area contributed by atoms with E-state index in [9.17, 15) is 8.42 Å². The second kappa shape index (κ2) is 12.1. The van der Waals surface area contributed by atoms with Gasteiger partial charge < -0.3 is 14.4 Å². The van der Waals surface area contributed by atoms with E-state index in [2.05, 4.69) is 31.6 Å². The van der Waals surface area contributed by atoms with Gasteiger partial charge in [0.25, 0.3) is 15.9 Å². The zero-order chi connectivity index (χ0) is 28.3. The Morgan fingerprint density at radius 1 is 1.02 bits per heavy atom. The zero-order valence-corrected chi connectivity index (χ0v) is 24.4. The number of pyridine rings is 1. The predicted octanol–water partition coefficient (Wildman–Crippen LogP) is 5.74. The maximum atomic E-state index is 13.3. The van der Waals surface area contributed by atoms with Crippen LogP contribution in [0.15, 0.2) is 59.6 Å². The molecular formula is C28H29Cl2N5O4S. The quantitative estimate of drug-likeness (QED) is 0.259. The molecule has 2 aromatic carbocycles. The average Bonchev–Trinajstić information content (AvgIpc) is 2.94. The third kappa shape index (κ3) is 6.58. The molecule has 12 heteroatoms. The van der Waals surface area contributed by atoms with Gasteiger partial charge in [-0.3, -0.25) is 4.72 Å². The lowest BCUT2D eigenvalue weighted by Gasteiger charge is -2.28. The van der Waals surface area contributed by atoms with Crippen molar-refractivity contribution in [1.29, 1.82) is 0 Å². The van der Waals surface area contributed by atoms with Crippen LogP contribution in [0.2, 0.25) is 10.0 Å². The van der Waals surface area contributed by atoms with Crippen molar-refractivity contribution in [3.05, 3.63) is 75.9 Å². The summed E-state index contributed by atoms with van der Waals surface area (Å²) in [7, 11) is -1.93. The number of nitrogens with one attached hydrogen (secondary N) is 1. The van der Waals surface area contributed by atoms with Crippen molar-refractivity contribution >= 4 is 50.2 Å². The van der Waals surface area contributed by atoms with E-state index in [0.717, 1.165) is 31.5 Å². The molecule has 1 aliphatic heterocycles. The fourth-order valence-corrected chi connectivity index (χ4v) is 6.11. The summed E-state index contributed by atoms with van der Waals surface area (Å²) in [6.45, 7) is 4.42. The number of sulfonamides is 1. The Hall–Kier alpha value is -3.18. The molecule has 0 saturated carbocycles. The minimum Gasteiger partial charge on any atom is -0.492 e. The normalized spacial score (nSPS) is 14.8. The van der Waals surface area contributed by atoms with Crippen molar-refractivity contribution in [3.63, 3.8) is 0 Å². The highest BCUT2D eigenvalue weighted by molar-refractivity contribution is 7.92. The summed E-state index contributed by atoms with van der Waals surface area (Å²) >= 11 is 12.6. The number of ether oxygens (including phenoxy) is 2. The fraction of sp³-hybridized carbons (Fsp3) is 0.321. The number of likely N-dealkylation sites (tertiary alicyclic amines) is 1. The van der Waals surface area contributed by atoms with E-state index in [-0.39, 0.29) is 28.8 Å². The van der Waals surface area contributed by atoms with Crippen LogP contribution in [0.5, 0.6) is 11.6 Å². The molecule has 0 bridgehead atoms. The van der Waals surface area contributed by atoms with E-state index in [0.29, 0.717) is 39.4 Å². The predicted molar refractivity (Wildman–Crippen MR) is 156 cm³/mol. The monoisotopic (exact) mass is 601 g/mol. The lowest BCUT2D eigenvalue weighted by Crippen LogP contribution is -2.32. The van der Waals surface area contributed by atoms with Gasteiger partial charge in [0.15, 0.2) is 5.65 Å². The number of hydrogen-bond donors (Lipinski definition) is 1. The number of piperidine rings is 1. The largest absolute Gasteiger partial charge is 0.492 e. The van der Waals surface area contributed by atoms with E-state index in [4.69, 9.17) is 32.7 Å². The molecule has 1 saturated heterocycles. The summed E-state index contributed by atoms with van der Waals surface area (Å²) in [6.07, 6.45) is 3.72. The fourth-order valence-electron chi connectivity index (χ4n) is 4.44. The maximum Gasteiger partial charge on any atom is 0.263 e. The van der Waals surface area contributed by atoms with Crippen molar-refractivity contribution in [2.45, 2.75) is 31.3 Å². The molecule has 9 nitrogen and oxygen atoms in total. The Labute approximate surface area is 243 Å². The van der Waals surface area contributed by atoms with Crippen molar-refractivity contribution in [1.82, 2.24) is 19.9 Å². The Morgan fingerprint density at radius 2 is 1.82 bits per heavy atom. The Morgan fingerprint density at radius 3 is 2.62 bits per heavy atom. The number of anilines is 1. The van der Waals surface area contributed by atoms with Crippen LogP contribution in [0, 0.1) is 12.8 Å². The van der Waals surface area contributed by atoms with Gasteiger partial charge in [-0.25, -0.2) is 23.4 Å². The second-order valence-corrected chi connectivity index (χ2v) is 12.3. The highest BCUT2D eigenvalue weighted by Gasteiger charge is 2.23. The molecule has 0 atom stereocenters. The summed E-state index contributed by atoms with van der Waals surface area (Å²) in [5.41, 5.74) is 1.92. The Bertz CT molecular complexity index is 1630. The standard InChI is InChI=1S/C28H29Cl2N5O4S/c1-18-21(29)5-3-7-25(18)40(36,37)34-27-28(32-23-6-4-12-31-26(23)33-27)39-17-20-8-9-22(30)24(15-20)38-16-19-10-13-35(2)14-11-19/h3-9,12,15,19H,10-11,13-14,16-17H2,1-2H3,(H,31,33,34). The molecular weight excluding hydrogens is 573 g/mol. The second-order valence-electron chi connectivity index (χ2n) is 9.80. The zero-order valence-electron chi connectivity index (χ0n) is 22.1. The average molecular weight is 603 g/mol. The van der Waals surface area contributed by atoms with Gasteiger partial charge in [-0.15, -0.1) is 0 Å². The number of fused-ring (bicyclic) bond motifs is 1. The number of nitrogens with zero attached hydrogens (tertiary/aromatic N) is 4. The molecule has 0 aliphatic carbocycles. The molecule has 5 rings (SSSR count). The highest BCUT2D eigenvalue weighted by atomic mass is 35.5.